The molecule has 0 spiro atoms. The fourth-order valence-electron chi connectivity index (χ4n) is 2.00. The van der Waals surface area contributed by atoms with E-state index in [-0.39, 0.29) is 13.2 Å². The number of pyridine rings is 1. The van der Waals surface area contributed by atoms with Crippen molar-refractivity contribution in [1.82, 2.24) is 4.57 Å². The summed E-state index contributed by atoms with van der Waals surface area (Å²) in [4.78, 5) is 33.8. The average Bonchev–Trinajstić information content (AvgIpc) is 2.56. The molecule has 8 nitrogen and oxygen atoms in total. The van der Waals surface area contributed by atoms with Gasteiger partial charge >= 0.3 is 17.2 Å². The highest BCUT2D eigenvalue weighted by molar-refractivity contribution is 5.69. The van der Waals surface area contributed by atoms with Crippen LogP contribution in [0.15, 0.2) is 47.3 Å². The molecular weight excluding hydrogens is 316 g/mol. The number of nitrogens with zero attached hydrogens (tertiary/aromatic N) is 2. The van der Waals surface area contributed by atoms with Gasteiger partial charge in [0.05, 0.1) is 4.92 Å². The first-order chi connectivity index (χ1) is 11.5. The molecule has 126 valence electrons. The zero-order valence-corrected chi connectivity index (χ0v) is 13.0. The number of rotatable bonds is 7. The third-order valence-electron chi connectivity index (χ3n) is 3.21. The van der Waals surface area contributed by atoms with E-state index in [9.17, 15) is 19.7 Å². The molecule has 1 aromatic heterocycles. The summed E-state index contributed by atoms with van der Waals surface area (Å²) in [6.07, 6.45) is 0. The molecule has 2 aromatic rings. The lowest BCUT2D eigenvalue weighted by Crippen LogP contribution is -2.29. The molecular formula is C16H16N2O6. The first-order valence-electron chi connectivity index (χ1n) is 7.17. The Labute approximate surface area is 137 Å². The Balaban J connectivity index is 1.90. The van der Waals surface area contributed by atoms with Gasteiger partial charge in [0, 0.05) is 11.8 Å². The first kappa shape index (κ1) is 17.2. The van der Waals surface area contributed by atoms with Crippen LogP contribution in [0.1, 0.15) is 5.69 Å². The van der Waals surface area contributed by atoms with Crippen LogP contribution in [0.5, 0.6) is 5.75 Å². The predicted molar refractivity (Wildman–Crippen MR) is 85.0 cm³/mol. The summed E-state index contributed by atoms with van der Waals surface area (Å²) in [7, 11) is 0. The highest BCUT2D eigenvalue weighted by Gasteiger charge is 2.17. The summed E-state index contributed by atoms with van der Waals surface area (Å²) >= 11 is 0. The molecule has 2 rings (SSSR count). The van der Waals surface area contributed by atoms with E-state index >= 15 is 0 Å². The number of aromatic nitrogens is 1. The standard InChI is InChI=1S/C16H16N2O6/c1-12-7-8-14(18(21)22)16(20)17(12)11-15(19)24-10-9-23-13-5-3-2-4-6-13/h2-8H,9-11H2,1H3. The molecule has 24 heavy (non-hydrogen) atoms. The summed E-state index contributed by atoms with van der Waals surface area (Å²) in [6.45, 7) is 1.36. The minimum absolute atomic E-state index is 0.0104. The van der Waals surface area contributed by atoms with Crippen LogP contribution in [0.25, 0.3) is 0 Å². The SMILES string of the molecule is Cc1ccc([N+](=O)[O-])c(=O)n1CC(=O)OCCOc1ccccc1. The number of carbonyl (C=O) groups is 1. The molecule has 0 fully saturated rings. The smallest absolute Gasteiger partial charge is 0.334 e. The maximum Gasteiger partial charge on any atom is 0.334 e. The molecule has 0 N–H and O–H groups in total. The lowest BCUT2D eigenvalue weighted by molar-refractivity contribution is -0.386. The largest absolute Gasteiger partial charge is 0.490 e. The molecule has 8 heteroatoms. The maximum absolute atomic E-state index is 12.0. The molecule has 0 saturated heterocycles. The van der Waals surface area contributed by atoms with Crippen molar-refractivity contribution in [2.24, 2.45) is 0 Å². The van der Waals surface area contributed by atoms with Gasteiger partial charge in [-0.25, -0.2) is 0 Å². The molecule has 0 aliphatic heterocycles. The molecule has 0 atom stereocenters. The Morgan fingerprint density at radius 1 is 1.17 bits per heavy atom. The Morgan fingerprint density at radius 2 is 1.88 bits per heavy atom. The Morgan fingerprint density at radius 3 is 2.54 bits per heavy atom. The number of para-hydroxylation sites is 1. The van der Waals surface area contributed by atoms with Crippen molar-refractivity contribution < 1.29 is 19.2 Å². The average molecular weight is 332 g/mol. The third kappa shape index (κ3) is 4.42. The van der Waals surface area contributed by atoms with Gasteiger partial charge in [0.2, 0.25) is 0 Å². The lowest BCUT2D eigenvalue weighted by atomic mass is 10.3. The topological polar surface area (TPSA) is 101 Å². The van der Waals surface area contributed by atoms with E-state index in [1.54, 1.807) is 19.1 Å². The number of aryl methyl sites for hydroxylation is 1. The molecule has 0 radical (unpaired) electrons. The van der Waals surface area contributed by atoms with Crippen molar-refractivity contribution in [3.05, 3.63) is 68.6 Å². The van der Waals surface area contributed by atoms with Crippen LogP contribution in [0.3, 0.4) is 0 Å². The normalized spacial score (nSPS) is 10.2. The zero-order valence-electron chi connectivity index (χ0n) is 13.0. The number of hydrogen-bond donors (Lipinski definition) is 0. The predicted octanol–water partition coefficient (Wildman–Crippen LogP) is 1.69. The van der Waals surface area contributed by atoms with Gasteiger partial charge in [-0.15, -0.1) is 0 Å². The molecule has 0 aliphatic carbocycles. The van der Waals surface area contributed by atoms with E-state index in [0.29, 0.717) is 11.4 Å². The summed E-state index contributed by atoms with van der Waals surface area (Å²) in [6, 6.07) is 11.6. The molecule has 0 amide bonds. The molecule has 0 aliphatic rings. The second-order valence-electron chi connectivity index (χ2n) is 4.89. The number of carbonyl (C=O) groups excluding carboxylic acids is 1. The Bertz CT molecular complexity index is 785. The molecule has 0 bridgehead atoms. The maximum atomic E-state index is 12.0. The summed E-state index contributed by atoms with van der Waals surface area (Å²) in [5, 5.41) is 10.8. The van der Waals surface area contributed by atoms with E-state index in [2.05, 4.69) is 0 Å². The van der Waals surface area contributed by atoms with Crippen molar-refractivity contribution in [1.29, 1.82) is 0 Å². The summed E-state index contributed by atoms with van der Waals surface area (Å²) in [5.41, 5.74) is -0.985. The highest BCUT2D eigenvalue weighted by Crippen LogP contribution is 2.08. The Kier molecular flexibility index (Phi) is 5.67. The molecule has 1 aromatic carbocycles. The van der Waals surface area contributed by atoms with Gasteiger partial charge in [-0.2, -0.15) is 0 Å². The zero-order chi connectivity index (χ0) is 17.5. The van der Waals surface area contributed by atoms with Gasteiger partial charge < -0.3 is 9.47 Å². The van der Waals surface area contributed by atoms with Crippen molar-refractivity contribution in [3.63, 3.8) is 0 Å². The van der Waals surface area contributed by atoms with Crippen LogP contribution in [0.2, 0.25) is 0 Å². The van der Waals surface area contributed by atoms with E-state index < -0.39 is 28.7 Å². The monoisotopic (exact) mass is 332 g/mol. The van der Waals surface area contributed by atoms with E-state index in [1.807, 2.05) is 18.2 Å². The summed E-state index contributed by atoms with van der Waals surface area (Å²) < 4.78 is 11.4. The number of esters is 1. The quantitative estimate of drug-likeness (QED) is 0.331. The molecule has 0 unspecified atom stereocenters. The Hall–Kier alpha value is -3.16. The highest BCUT2D eigenvalue weighted by atomic mass is 16.6. The van der Waals surface area contributed by atoms with Gasteiger partial charge in [0.25, 0.3) is 0 Å². The number of hydrogen-bond acceptors (Lipinski definition) is 6. The minimum Gasteiger partial charge on any atom is -0.490 e. The minimum atomic E-state index is -0.836. The van der Waals surface area contributed by atoms with Crippen molar-refractivity contribution in [2.75, 3.05) is 13.2 Å². The van der Waals surface area contributed by atoms with Crippen LogP contribution >= 0.6 is 0 Å². The van der Waals surface area contributed by atoms with Gasteiger partial charge in [0.1, 0.15) is 25.5 Å². The van der Waals surface area contributed by atoms with Gasteiger partial charge in [0.15, 0.2) is 0 Å². The molecule has 0 saturated carbocycles. The second kappa shape index (κ2) is 7.91. The van der Waals surface area contributed by atoms with E-state index in [0.717, 1.165) is 10.6 Å². The van der Waals surface area contributed by atoms with E-state index in [1.165, 1.54) is 6.07 Å². The third-order valence-corrected chi connectivity index (χ3v) is 3.21. The van der Waals surface area contributed by atoms with Crippen molar-refractivity contribution in [3.8, 4) is 5.75 Å². The van der Waals surface area contributed by atoms with Crippen LogP contribution < -0.4 is 10.3 Å². The van der Waals surface area contributed by atoms with Gasteiger partial charge in [-0.3, -0.25) is 24.3 Å². The fraction of sp³-hybridized carbons (Fsp3) is 0.250. The summed E-state index contributed by atoms with van der Waals surface area (Å²) in [5.74, 6) is -0.0170. The second-order valence-corrected chi connectivity index (χ2v) is 4.89. The first-order valence-corrected chi connectivity index (χ1v) is 7.17. The van der Waals surface area contributed by atoms with Crippen LogP contribution in [-0.2, 0) is 16.1 Å². The fourth-order valence-corrected chi connectivity index (χ4v) is 2.00. The number of ether oxygens (including phenoxy) is 2. The van der Waals surface area contributed by atoms with Crippen LogP contribution in [0.4, 0.5) is 5.69 Å². The van der Waals surface area contributed by atoms with Crippen molar-refractivity contribution in [2.45, 2.75) is 13.5 Å². The lowest BCUT2D eigenvalue weighted by Gasteiger charge is -2.10. The van der Waals surface area contributed by atoms with Crippen LogP contribution in [-0.4, -0.2) is 28.7 Å². The van der Waals surface area contributed by atoms with Crippen LogP contribution in [0, 0.1) is 17.0 Å². The van der Waals surface area contributed by atoms with Gasteiger partial charge in [-0.1, -0.05) is 18.2 Å². The van der Waals surface area contributed by atoms with E-state index in [4.69, 9.17) is 9.47 Å². The van der Waals surface area contributed by atoms with Gasteiger partial charge in [-0.05, 0) is 25.1 Å². The number of benzene rings is 1. The number of nitro groups is 1. The van der Waals surface area contributed by atoms with Crippen molar-refractivity contribution >= 4 is 11.7 Å². The molecule has 1 heterocycles.